The van der Waals surface area contributed by atoms with Crippen molar-refractivity contribution < 1.29 is 9.18 Å². The highest BCUT2D eigenvalue weighted by Crippen LogP contribution is 2.26. The summed E-state index contributed by atoms with van der Waals surface area (Å²) in [5, 5.41) is 0.793. The van der Waals surface area contributed by atoms with Crippen LogP contribution >= 0.6 is 11.6 Å². The zero-order valence-electron chi connectivity index (χ0n) is 14.3. The lowest BCUT2D eigenvalue weighted by Crippen LogP contribution is -2.46. The first kappa shape index (κ1) is 17.9. The fourth-order valence-corrected chi connectivity index (χ4v) is 3.65. The van der Waals surface area contributed by atoms with Crippen molar-refractivity contribution in [1.29, 1.82) is 0 Å². The molecule has 1 aliphatic rings. The minimum Gasteiger partial charge on any atom is -0.310 e. The van der Waals surface area contributed by atoms with Gasteiger partial charge in [-0.3, -0.25) is 9.69 Å². The lowest BCUT2D eigenvalue weighted by Gasteiger charge is -2.38. The zero-order valence-corrected chi connectivity index (χ0v) is 15.0. The molecule has 0 aliphatic carbocycles. The Kier molecular flexibility index (Phi) is 5.71. The molecule has 1 fully saturated rings. The highest BCUT2D eigenvalue weighted by molar-refractivity contribution is 6.31. The molecule has 0 spiro atoms. The fourth-order valence-electron chi connectivity index (χ4n) is 3.45. The molecule has 0 unspecified atom stereocenters. The van der Waals surface area contributed by atoms with Gasteiger partial charge >= 0.3 is 0 Å². The second kappa shape index (κ2) is 7.98. The van der Waals surface area contributed by atoms with Crippen LogP contribution in [0.3, 0.4) is 0 Å². The molecule has 5 heteroatoms. The topological polar surface area (TPSA) is 23.6 Å². The van der Waals surface area contributed by atoms with Gasteiger partial charge in [0.05, 0.1) is 0 Å². The molecule has 0 saturated carbocycles. The van der Waals surface area contributed by atoms with Crippen LogP contribution in [0.5, 0.6) is 0 Å². The second-order valence-electron chi connectivity index (χ2n) is 6.46. The highest BCUT2D eigenvalue weighted by Gasteiger charge is 2.27. The quantitative estimate of drug-likeness (QED) is 0.801. The van der Waals surface area contributed by atoms with Crippen molar-refractivity contribution in [2.45, 2.75) is 32.4 Å². The Morgan fingerprint density at radius 2 is 1.80 bits per heavy atom. The molecule has 3 nitrogen and oxygen atoms in total. The summed E-state index contributed by atoms with van der Waals surface area (Å²) in [6, 6.07) is 14.2. The van der Waals surface area contributed by atoms with Gasteiger partial charge in [-0.05, 0) is 48.7 Å². The molecule has 1 aliphatic heterocycles. The Bertz CT molecular complexity index is 727. The fraction of sp³-hybridized carbons (Fsp3) is 0.350. The third-order valence-electron chi connectivity index (χ3n) is 4.72. The molecule has 0 N–H and O–H groups in total. The van der Waals surface area contributed by atoms with E-state index >= 15 is 0 Å². The molecule has 1 saturated heterocycles. The minimum atomic E-state index is -0.290. The highest BCUT2D eigenvalue weighted by atomic mass is 35.5. The van der Waals surface area contributed by atoms with Crippen molar-refractivity contribution in [3.63, 3.8) is 0 Å². The van der Waals surface area contributed by atoms with Crippen LogP contribution in [0.4, 0.5) is 10.1 Å². The number of anilines is 1. The Labute approximate surface area is 153 Å². The van der Waals surface area contributed by atoms with Gasteiger partial charge in [-0.2, -0.15) is 0 Å². The number of nitrogens with zero attached hydrogens (tertiary/aromatic N) is 2. The summed E-state index contributed by atoms with van der Waals surface area (Å²) >= 11 is 6.25. The van der Waals surface area contributed by atoms with E-state index in [1.54, 1.807) is 24.0 Å². The third-order valence-corrected chi connectivity index (χ3v) is 5.09. The van der Waals surface area contributed by atoms with Crippen LogP contribution in [-0.2, 0) is 11.3 Å². The standard InChI is InChI=1S/C20H22ClFN2O/c1-15(25)24(18-8-6-17(22)7-9-18)19-10-12-23(13-11-19)14-16-4-2-3-5-20(16)21/h2-9,19H,10-14H2,1H3. The van der Waals surface area contributed by atoms with Crippen LogP contribution in [-0.4, -0.2) is 29.9 Å². The Hall–Kier alpha value is -1.91. The van der Waals surface area contributed by atoms with Crippen LogP contribution in [0.15, 0.2) is 48.5 Å². The molecule has 0 aromatic heterocycles. The molecule has 1 heterocycles. The number of hydrogen-bond acceptors (Lipinski definition) is 2. The lowest BCUT2D eigenvalue weighted by atomic mass is 10.0. The van der Waals surface area contributed by atoms with Crippen molar-refractivity contribution in [2.75, 3.05) is 18.0 Å². The van der Waals surface area contributed by atoms with Gasteiger partial charge in [-0.15, -0.1) is 0 Å². The number of rotatable bonds is 4. The largest absolute Gasteiger partial charge is 0.310 e. The van der Waals surface area contributed by atoms with Gasteiger partial charge in [-0.25, -0.2) is 4.39 Å². The zero-order chi connectivity index (χ0) is 17.8. The third kappa shape index (κ3) is 4.39. The van der Waals surface area contributed by atoms with Gasteiger partial charge in [0, 0.05) is 43.3 Å². The summed E-state index contributed by atoms with van der Waals surface area (Å²) < 4.78 is 13.2. The first-order valence-corrected chi connectivity index (χ1v) is 8.93. The molecular weight excluding hydrogens is 339 g/mol. The van der Waals surface area contributed by atoms with Crippen LogP contribution in [0.25, 0.3) is 0 Å². The molecular formula is C20H22ClFN2O. The summed E-state index contributed by atoms with van der Waals surface area (Å²) in [6.07, 6.45) is 1.78. The summed E-state index contributed by atoms with van der Waals surface area (Å²) in [5.41, 5.74) is 1.89. The van der Waals surface area contributed by atoms with E-state index in [1.807, 2.05) is 18.2 Å². The number of hydrogen-bond donors (Lipinski definition) is 0. The van der Waals surface area contributed by atoms with E-state index in [2.05, 4.69) is 11.0 Å². The number of piperidine rings is 1. The van der Waals surface area contributed by atoms with Gasteiger partial charge in [0.2, 0.25) is 5.91 Å². The van der Waals surface area contributed by atoms with E-state index < -0.39 is 0 Å². The lowest BCUT2D eigenvalue weighted by molar-refractivity contribution is -0.117. The molecule has 0 atom stereocenters. The second-order valence-corrected chi connectivity index (χ2v) is 6.87. The van der Waals surface area contributed by atoms with Crippen LogP contribution in [0, 0.1) is 5.82 Å². The van der Waals surface area contributed by atoms with E-state index in [1.165, 1.54) is 12.1 Å². The monoisotopic (exact) mass is 360 g/mol. The molecule has 132 valence electrons. The summed E-state index contributed by atoms with van der Waals surface area (Å²) in [4.78, 5) is 16.3. The van der Waals surface area contributed by atoms with E-state index in [0.717, 1.165) is 48.7 Å². The van der Waals surface area contributed by atoms with Crippen molar-refractivity contribution in [3.05, 3.63) is 64.9 Å². The van der Waals surface area contributed by atoms with Gasteiger partial charge in [0.1, 0.15) is 5.82 Å². The van der Waals surface area contributed by atoms with Crippen molar-refractivity contribution in [3.8, 4) is 0 Å². The van der Waals surface area contributed by atoms with Crippen molar-refractivity contribution >= 4 is 23.2 Å². The summed E-state index contributed by atoms with van der Waals surface area (Å²) in [5.74, 6) is -0.294. The Balaban J connectivity index is 1.64. The number of amides is 1. The van der Waals surface area contributed by atoms with E-state index in [4.69, 9.17) is 11.6 Å². The molecule has 1 amide bonds. The maximum atomic E-state index is 13.2. The van der Waals surface area contributed by atoms with E-state index in [0.29, 0.717) is 0 Å². The number of likely N-dealkylation sites (tertiary alicyclic amines) is 1. The number of benzene rings is 2. The van der Waals surface area contributed by atoms with E-state index in [-0.39, 0.29) is 17.8 Å². The minimum absolute atomic E-state index is 0.00355. The SMILES string of the molecule is CC(=O)N(c1ccc(F)cc1)C1CCN(Cc2ccccc2Cl)CC1. The Morgan fingerprint density at radius 3 is 2.40 bits per heavy atom. The Morgan fingerprint density at radius 1 is 1.16 bits per heavy atom. The predicted octanol–water partition coefficient (Wildman–Crippen LogP) is 4.50. The predicted molar refractivity (Wildman–Crippen MR) is 99.3 cm³/mol. The van der Waals surface area contributed by atoms with Gasteiger partial charge < -0.3 is 4.90 Å². The molecule has 2 aromatic rings. The van der Waals surface area contributed by atoms with Crippen molar-refractivity contribution in [2.24, 2.45) is 0 Å². The number of carbonyl (C=O) groups excluding carboxylic acids is 1. The number of halogens is 2. The maximum absolute atomic E-state index is 13.2. The van der Waals surface area contributed by atoms with Crippen LogP contribution in [0.2, 0.25) is 5.02 Å². The first-order valence-electron chi connectivity index (χ1n) is 8.55. The molecule has 25 heavy (non-hydrogen) atoms. The van der Waals surface area contributed by atoms with E-state index in [9.17, 15) is 9.18 Å². The van der Waals surface area contributed by atoms with Crippen LogP contribution < -0.4 is 4.90 Å². The summed E-state index contributed by atoms with van der Waals surface area (Å²) in [7, 11) is 0. The maximum Gasteiger partial charge on any atom is 0.224 e. The average molecular weight is 361 g/mol. The summed E-state index contributed by atoms with van der Waals surface area (Å²) in [6.45, 7) is 4.20. The van der Waals surface area contributed by atoms with Gasteiger partial charge in [0.15, 0.2) is 0 Å². The smallest absolute Gasteiger partial charge is 0.224 e. The molecule has 2 aromatic carbocycles. The normalized spacial score (nSPS) is 16.0. The molecule has 3 rings (SSSR count). The van der Waals surface area contributed by atoms with Gasteiger partial charge in [0.25, 0.3) is 0 Å². The van der Waals surface area contributed by atoms with Crippen molar-refractivity contribution in [1.82, 2.24) is 4.90 Å². The van der Waals surface area contributed by atoms with Crippen LogP contribution in [0.1, 0.15) is 25.3 Å². The average Bonchev–Trinajstić information content (AvgIpc) is 2.60. The first-order chi connectivity index (χ1) is 12.0. The molecule has 0 radical (unpaired) electrons. The van der Waals surface area contributed by atoms with Gasteiger partial charge in [-0.1, -0.05) is 29.8 Å². The molecule has 0 bridgehead atoms. The number of carbonyl (C=O) groups is 1.